The van der Waals surface area contributed by atoms with Gasteiger partial charge < -0.3 is 15.8 Å². The Balaban J connectivity index is 1.64. The number of benzene rings is 1. The monoisotopic (exact) mass is 276 g/mol. The van der Waals surface area contributed by atoms with Crippen molar-refractivity contribution in [3.05, 3.63) is 24.3 Å². The van der Waals surface area contributed by atoms with Crippen LogP contribution in [-0.2, 0) is 4.79 Å². The largest absolute Gasteiger partial charge is 0.493 e. The second-order valence-corrected chi connectivity index (χ2v) is 5.69. The normalized spacial score (nSPS) is 22.2. The van der Waals surface area contributed by atoms with Crippen LogP contribution >= 0.6 is 0 Å². The Morgan fingerprint density at radius 1 is 1.25 bits per heavy atom. The van der Waals surface area contributed by atoms with Gasteiger partial charge in [-0.25, -0.2) is 0 Å². The summed E-state index contributed by atoms with van der Waals surface area (Å²) >= 11 is 0. The van der Waals surface area contributed by atoms with Gasteiger partial charge in [-0.2, -0.15) is 0 Å². The van der Waals surface area contributed by atoms with E-state index in [4.69, 9.17) is 10.5 Å². The van der Waals surface area contributed by atoms with Crippen LogP contribution in [0.1, 0.15) is 39.0 Å². The number of nitrogen functional groups attached to an aromatic ring is 1. The maximum atomic E-state index is 11.8. The number of ether oxygens (including phenoxy) is 1. The molecule has 20 heavy (non-hydrogen) atoms. The Kier molecular flexibility index (Phi) is 5.27. The first-order valence-corrected chi connectivity index (χ1v) is 7.41. The summed E-state index contributed by atoms with van der Waals surface area (Å²) in [6.07, 6.45) is 5.04. The first-order valence-electron chi connectivity index (χ1n) is 7.41. The topological polar surface area (TPSA) is 64.3 Å². The quantitative estimate of drug-likeness (QED) is 0.813. The molecule has 0 aromatic heterocycles. The molecule has 4 nitrogen and oxygen atoms in total. The highest BCUT2D eigenvalue weighted by atomic mass is 16.5. The molecule has 110 valence electrons. The second kappa shape index (κ2) is 7.17. The number of carbonyl (C=O) groups is 1. The van der Waals surface area contributed by atoms with Gasteiger partial charge in [-0.15, -0.1) is 0 Å². The third kappa shape index (κ3) is 4.76. The van der Waals surface area contributed by atoms with Crippen LogP contribution in [-0.4, -0.2) is 18.6 Å². The number of amides is 1. The number of hydrogen-bond donors (Lipinski definition) is 2. The fourth-order valence-corrected chi connectivity index (χ4v) is 2.53. The number of anilines is 1. The molecule has 1 aliphatic rings. The first-order chi connectivity index (χ1) is 9.63. The smallest absolute Gasteiger partial charge is 0.223 e. The number of rotatable bonds is 5. The van der Waals surface area contributed by atoms with Gasteiger partial charge in [0, 0.05) is 11.7 Å². The lowest BCUT2D eigenvalue weighted by atomic mass is 9.87. The molecule has 1 saturated carbocycles. The van der Waals surface area contributed by atoms with E-state index in [-0.39, 0.29) is 5.91 Å². The molecule has 4 heteroatoms. The van der Waals surface area contributed by atoms with Crippen molar-refractivity contribution in [2.24, 2.45) is 5.92 Å². The molecule has 0 aliphatic heterocycles. The van der Waals surface area contributed by atoms with E-state index < -0.39 is 0 Å². The lowest BCUT2D eigenvalue weighted by Gasteiger charge is -2.26. The summed E-state index contributed by atoms with van der Waals surface area (Å²) in [4.78, 5) is 11.8. The van der Waals surface area contributed by atoms with Crippen LogP contribution in [0.3, 0.4) is 0 Å². The number of hydrogen-bond acceptors (Lipinski definition) is 3. The van der Waals surface area contributed by atoms with Crippen molar-refractivity contribution in [1.29, 1.82) is 0 Å². The van der Waals surface area contributed by atoms with E-state index in [0.29, 0.717) is 24.8 Å². The van der Waals surface area contributed by atoms with Gasteiger partial charge in [-0.1, -0.05) is 6.92 Å². The molecule has 3 N–H and O–H groups in total. The van der Waals surface area contributed by atoms with E-state index in [9.17, 15) is 4.79 Å². The van der Waals surface area contributed by atoms with Gasteiger partial charge in [0.05, 0.1) is 13.0 Å². The average molecular weight is 276 g/mol. The van der Waals surface area contributed by atoms with Crippen molar-refractivity contribution in [2.45, 2.75) is 45.1 Å². The molecule has 1 amide bonds. The van der Waals surface area contributed by atoms with E-state index in [1.165, 1.54) is 12.8 Å². The lowest BCUT2D eigenvalue weighted by molar-refractivity contribution is -0.122. The Morgan fingerprint density at radius 2 is 1.90 bits per heavy atom. The van der Waals surface area contributed by atoms with Gasteiger partial charge in [0.15, 0.2) is 0 Å². The van der Waals surface area contributed by atoms with Crippen molar-refractivity contribution in [3.63, 3.8) is 0 Å². The lowest BCUT2D eigenvalue weighted by Crippen LogP contribution is -2.37. The number of carbonyl (C=O) groups excluding carboxylic acids is 1. The Bertz CT molecular complexity index is 423. The van der Waals surface area contributed by atoms with E-state index >= 15 is 0 Å². The predicted molar refractivity (Wildman–Crippen MR) is 80.5 cm³/mol. The molecular formula is C16H24N2O2. The summed E-state index contributed by atoms with van der Waals surface area (Å²) in [6, 6.07) is 7.57. The highest BCUT2D eigenvalue weighted by Gasteiger charge is 2.19. The highest BCUT2D eigenvalue weighted by molar-refractivity contribution is 5.76. The molecule has 0 unspecified atom stereocenters. The third-order valence-corrected chi connectivity index (χ3v) is 3.86. The van der Waals surface area contributed by atoms with Crippen LogP contribution in [0.15, 0.2) is 24.3 Å². The molecule has 1 aliphatic carbocycles. The molecule has 0 saturated heterocycles. The maximum Gasteiger partial charge on any atom is 0.223 e. The van der Waals surface area contributed by atoms with E-state index in [1.54, 1.807) is 12.1 Å². The van der Waals surface area contributed by atoms with E-state index in [2.05, 4.69) is 12.2 Å². The van der Waals surface area contributed by atoms with E-state index in [1.807, 2.05) is 12.1 Å². The van der Waals surface area contributed by atoms with Crippen LogP contribution in [0.2, 0.25) is 0 Å². The third-order valence-electron chi connectivity index (χ3n) is 3.86. The highest BCUT2D eigenvalue weighted by Crippen LogP contribution is 2.23. The van der Waals surface area contributed by atoms with Crippen molar-refractivity contribution >= 4 is 11.6 Å². The van der Waals surface area contributed by atoms with Gasteiger partial charge in [0.1, 0.15) is 5.75 Å². The summed E-state index contributed by atoms with van der Waals surface area (Å²) < 4.78 is 5.52. The van der Waals surface area contributed by atoms with Crippen molar-refractivity contribution < 1.29 is 9.53 Å². The maximum absolute atomic E-state index is 11.8. The van der Waals surface area contributed by atoms with Crippen molar-refractivity contribution in [3.8, 4) is 5.75 Å². The van der Waals surface area contributed by atoms with Gasteiger partial charge in [-0.3, -0.25) is 4.79 Å². The Hall–Kier alpha value is -1.71. The summed E-state index contributed by atoms with van der Waals surface area (Å²) in [5.41, 5.74) is 6.31. The molecule has 1 fully saturated rings. The standard InChI is InChI=1S/C16H24N2O2/c1-12-2-6-14(7-3-12)18-16(19)10-11-20-15-8-4-13(17)5-9-15/h4-5,8-9,12,14H,2-3,6-7,10-11,17H2,1H3,(H,18,19). The van der Waals surface area contributed by atoms with Gasteiger partial charge in [0.2, 0.25) is 5.91 Å². The predicted octanol–water partition coefficient (Wildman–Crippen LogP) is 2.73. The van der Waals surface area contributed by atoms with Gasteiger partial charge >= 0.3 is 0 Å². The van der Waals surface area contributed by atoms with Crippen LogP contribution in [0, 0.1) is 5.92 Å². The van der Waals surface area contributed by atoms with Crippen molar-refractivity contribution in [1.82, 2.24) is 5.32 Å². The molecular weight excluding hydrogens is 252 g/mol. The fraction of sp³-hybridized carbons (Fsp3) is 0.562. The number of nitrogens with two attached hydrogens (primary N) is 1. The van der Waals surface area contributed by atoms with Gasteiger partial charge in [-0.05, 0) is 55.9 Å². The second-order valence-electron chi connectivity index (χ2n) is 5.69. The molecule has 1 aromatic carbocycles. The molecule has 0 heterocycles. The van der Waals surface area contributed by atoms with Crippen LogP contribution in [0.4, 0.5) is 5.69 Å². The minimum Gasteiger partial charge on any atom is -0.493 e. The van der Waals surface area contributed by atoms with Crippen LogP contribution in [0.5, 0.6) is 5.75 Å². The SMILES string of the molecule is CC1CCC(NC(=O)CCOc2ccc(N)cc2)CC1. The molecule has 0 atom stereocenters. The Labute approximate surface area is 120 Å². The number of nitrogens with one attached hydrogen (secondary N) is 1. The average Bonchev–Trinajstić information content (AvgIpc) is 2.44. The zero-order chi connectivity index (χ0) is 14.4. The minimum atomic E-state index is 0.0833. The summed E-state index contributed by atoms with van der Waals surface area (Å²) in [7, 11) is 0. The molecule has 0 bridgehead atoms. The Morgan fingerprint density at radius 3 is 2.55 bits per heavy atom. The van der Waals surface area contributed by atoms with Gasteiger partial charge in [0.25, 0.3) is 0 Å². The zero-order valence-corrected chi connectivity index (χ0v) is 12.1. The summed E-state index contributed by atoms with van der Waals surface area (Å²) in [5, 5.41) is 3.10. The van der Waals surface area contributed by atoms with Crippen LogP contribution < -0.4 is 15.8 Å². The molecule has 1 aromatic rings. The molecule has 0 spiro atoms. The van der Waals surface area contributed by atoms with Crippen LogP contribution in [0.25, 0.3) is 0 Å². The summed E-state index contributed by atoms with van der Waals surface area (Å²) in [6.45, 7) is 2.68. The first kappa shape index (κ1) is 14.7. The molecule has 2 rings (SSSR count). The van der Waals surface area contributed by atoms with Crippen molar-refractivity contribution in [2.75, 3.05) is 12.3 Å². The minimum absolute atomic E-state index is 0.0833. The molecule has 0 radical (unpaired) electrons. The zero-order valence-electron chi connectivity index (χ0n) is 12.1. The van der Waals surface area contributed by atoms with E-state index in [0.717, 1.165) is 24.5 Å². The fourth-order valence-electron chi connectivity index (χ4n) is 2.53. The summed E-state index contributed by atoms with van der Waals surface area (Å²) in [5.74, 6) is 1.63.